The van der Waals surface area contributed by atoms with Crippen molar-refractivity contribution in [2.75, 3.05) is 19.8 Å². The van der Waals surface area contributed by atoms with E-state index in [1.54, 1.807) is 6.92 Å². The molecule has 4 rings (SSSR count). The summed E-state index contributed by atoms with van der Waals surface area (Å²) < 4.78 is 45.5. The van der Waals surface area contributed by atoms with Crippen molar-refractivity contribution in [3.05, 3.63) is 23.8 Å². The van der Waals surface area contributed by atoms with Crippen LogP contribution in [-0.2, 0) is 4.74 Å². The summed E-state index contributed by atoms with van der Waals surface area (Å²) in [7, 11) is 0. The van der Waals surface area contributed by atoms with E-state index in [1.165, 1.54) is 63.5 Å². The second kappa shape index (κ2) is 12.6. The summed E-state index contributed by atoms with van der Waals surface area (Å²) in [5.74, 6) is 1.82. The Morgan fingerprint density at radius 3 is 1.97 bits per heavy atom. The molecule has 0 aliphatic heterocycles. The maximum Gasteiger partial charge on any atom is 0.204 e. The van der Waals surface area contributed by atoms with Gasteiger partial charge in [0.1, 0.15) is 0 Å². The highest BCUT2D eigenvalue weighted by Gasteiger charge is 2.36. The van der Waals surface area contributed by atoms with Crippen molar-refractivity contribution in [1.82, 2.24) is 0 Å². The number of hydrogen-bond donors (Lipinski definition) is 0. The van der Waals surface area contributed by atoms with Crippen molar-refractivity contribution >= 4 is 0 Å². The molecule has 3 nitrogen and oxygen atoms in total. The molecule has 0 bridgehead atoms. The fourth-order valence-electron chi connectivity index (χ4n) is 6.70. The zero-order valence-electron chi connectivity index (χ0n) is 21.2. The third-order valence-electron chi connectivity index (χ3n) is 8.69. The predicted molar refractivity (Wildman–Crippen MR) is 131 cm³/mol. The average molecular weight is 479 g/mol. The van der Waals surface area contributed by atoms with E-state index in [9.17, 15) is 8.78 Å². The van der Waals surface area contributed by atoms with E-state index in [0.717, 1.165) is 50.0 Å². The highest BCUT2D eigenvalue weighted by molar-refractivity contribution is 5.35. The molecule has 0 heterocycles. The van der Waals surface area contributed by atoms with Crippen LogP contribution in [0.1, 0.15) is 90.9 Å². The third-order valence-corrected chi connectivity index (χ3v) is 8.69. The van der Waals surface area contributed by atoms with E-state index in [0.29, 0.717) is 31.2 Å². The molecule has 1 aromatic rings. The van der Waals surface area contributed by atoms with Crippen molar-refractivity contribution in [3.63, 3.8) is 0 Å². The highest BCUT2D eigenvalue weighted by atomic mass is 19.2. The molecule has 1 aromatic carbocycles. The second-order valence-corrected chi connectivity index (χ2v) is 11.1. The molecule has 3 aliphatic rings. The lowest BCUT2D eigenvalue weighted by Gasteiger charge is -2.42. The second-order valence-electron chi connectivity index (χ2n) is 11.1. The van der Waals surface area contributed by atoms with Gasteiger partial charge < -0.3 is 14.2 Å². The topological polar surface area (TPSA) is 27.7 Å². The van der Waals surface area contributed by atoms with Gasteiger partial charge in [0, 0.05) is 6.61 Å². The van der Waals surface area contributed by atoms with Crippen LogP contribution >= 0.6 is 0 Å². The molecule has 34 heavy (non-hydrogen) atoms. The molecular formula is C29H44F2O3. The van der Waals surface area contributed by atoms with Crippen LogP contribution in [0, 0.1) is 41.2 Å². The summed E-state index contributed by atoms with van der Waals surface area (Å²) in [6.07, 6.45) is 15.8. The molecule has 4 atom stereocenters. The number of ether oxygens (including phenoxy) is 3. The molecule has 5 heteroatoms. The summed E-state index contributed by atoms with van der Waals surface area (Å²) >= 11 is 0. The fraction of sp³-hybridized carbons (Fsp3) is 0.793. The normalized spacial score (nSPS) is 31.6. The summed E-state index contributed by atoms with van der Waals surface area (Å²) in [5, 5.41) is 0. The van der Waals surface area contributed by atoms with Gasteiger partial charge in [0.2, 0.25) is 11.6 Å². The molecule has 192 valence electrons. The first kappa shape index (κ1) is 25.7. The Balaban J connectivity index is 1.13. The van der Waals surface area contributed by atoms with Gasteiger partial charge >= 0.3 is 0 Å². The van der Waals surface area contributed by atoms with E-state index in [1.807, 2.05) is 0 Å². The average Bonchev–Trinajstić information content (AvgIpc) is 2.86. The molecule has 3 fully saturated rings. The smallest absolute Gasteiger partial charge is 0.204 e. The Kier molecular flexibility index (Phi) is 9.50. The van der Waals surface area contributed by atoms with Crippen molar-refractivity contribution in [2.24, 2.45) is 29.6 Å². The van der Waals surface area contributed by atoms with Crippen LogP contribution in [0.2, 0.25) is 0 Å². The van der Waals surface area contributed by atoms with E-state index in [2.05, 4.69) is 6.92 Å². The first-order valence-electron chi connectivity index (χ1n) is 13.9. The van der Waals surface area contributed by atoms with Gasteiger partial charge in [0.05, 0.1) is 19.3 Å². The van der Waals surface area contributed by atoms with Crippen molar-refractivity contribution in [2.45, 2.75) is 97.0 Å². The van der Waals surface area contributed by atoms with Gasteiger partial charge in [-0.15, -0.1) is 0 Å². The number of fused-ring (bicyclic) bond motifs is 1. The van der Waals surface area contributed by atoms with Gasteiger partial charge in [-0.05, 0) is 106 Å². The minimum absolute atomic E-state index is 0.0225. The Morgan fingerprint density at radius 1 is 0.706 bits per heavy atom. The lowest BCUT2D eigenvalue weighted by atomic mass is 9.66. The zero-order valence-corrected chi connectivity index (χ0v) is 21.2. The van der Waals surface area contributed by atoms with Crippen molar-refractivity contribution in [1.29, 1.82) is 0 Å². The van der Waals surface area contributed by atoms with Crippen LogP contribution in [0.25, 0.3) is 0 Å². The van der Waals surface area contributed by atoms with E-state index >= 15 is 0 Å². The summed E-state index contributed by atoms with van der Waals surface area (Å²) in [6.45, 7) is 5.67. The van der Waals surface area contributed by atoms with Crippen molar-refractivity contribution < 1.29 is 23.0 Å². The Bertz CT molecular complexity index is 762. The van der Waals surface area contributed by atoms with Gasteiger partial charge in [-0.3, -0.25) is 0 Å². The highest BCUT2D eigenvalue weighted by Crippen LogP contribution is 2.45. The van der Waals surface area contributed by atoms with E-state index < -0.39 is 11.6 Å². The maximum absolute atomic E-state index is 14.2. The zero-order chi connectivity index (χ0) is 23.9. The number of benzene rings is 1. The fourth-order valence-corrected chi connectivity index (χ4v) is 6.70. The van der Waals surface area contributed by atoms with Gasteiger partial charge in [-0.25, -0.2) is 0 Å². The third kappa shape index (κ3) is 6.65. The van der Waals surface area contributed by atoms with E-state index in [-0.39, 0.29) is 11.5 Å². The van der Waals surface area contributed by atoms with Crippen LogP contribution < -0.4 is 9.47 Å². The number of rotatable bonds is 10. The summed E-state index contributed by atoms with van der Waals surface area (Å²) in [5.41, 5.74) is 0. The molecule has 0 radical (unpaired) electrons. The van der Waals surface area contributed by atoms with E-state index in [4.69, 9.17) is 14.2 Å². The van der Waals surface area contributed by atoms with Crippen LogP contribution in [0.3, 0.4) is 0 Å². The molecule has 3 aliphatic carbocycles. The summed E-state index contributed by atoms with van der Waals surface area (Å²) in [6, 6.07) is 2.91. The van der Waals surface area contributed by atoms with Crippen LogP contribution in [0.15, 0.2) is 12.1 Å². The number of halogens is 2. The minimum Gasteiger partial charge on any atom is -0.491 e. The Labute approximate surface area is 204 Å². The maximum atomic E-state index is 14.2. The van der Waals surface area contributed by atoms with Gasteiger partial charge in [0.25, 0.3) is 0 Å². The molecule has 0 aromatic heterocycles. The SMILES string of the molecule is CCCC1CCC2CC(OCC3CCC(COc4ccc(OCC)c(F)c4F)CC3)CCC2C1. The lowest BCUT2D eigenvalue weighted by molar-refractivity contribution is -0.0386. The molecule has 0 saturated heterocycles. The first-order valence-corrected chi connectivity index (χ1v) is 13.9. The van der Waals surface area contributed by atoms with Gasteiger partial charge in [-0.2, -0.15) is 8.78 Å². The minimum atomic E-state index is -0.969. The molecule has 0 N–H and O–H groups in total. The molecule has 3 saturated carbocycles. The lowest BCUT2D eigenvalue weighted by Crippen LogP contribution is -2.35. The quantitative estimate of drug-likeness (QED) is 0.341. The van der Waals surface area contributed by atoms with Gasteiger partial charge in [0.15, 0.2) is 11.5 Å². The number of hydrogen-bond acceptors (Lipinski definition) is 3. The molecule has 0 amide bonds. The molecular weight excluding hydrogens is 434 g/mol. The monoisotopic (exact) mass is 478 g/mol. The first-order chi connectivity index (χ1) is 16.6. The Hall–Kier alpha value is -1.36. The molecule has 0 spiro atoms. The summed E-state index contributed by atoms with van der Waals surface area (Å²) in [4.78, 5) is 0. The standard InChI is InChI=1S/C29H44F2O3/c1-3-5-20-10-11-24-17-25(13-12-23(24)16-20)33-18-21-6-8-22(9-7-21)19-34-27-15-14-26(32-4-2)28(30)29(27)31/h14-15,20-25H,3-13,16-19H2,1-2H3. The van der Waals surface area contributed by atoms with Crippen LogP contribution in [0.5, 0.6) is 11.5 Å². The largest absolute Gasteiger partial charge is 0.491 e. The predicted octanol–water partition coefficient (Wildman–Crippen LogP) is 7.95. The van der Waals surface area contributed by atoms with Crippen molar-refractivity contribution in [3.8, 4) is 11.5 Å². The van der Waals surface area contributed by atoms with Crippen LogP contribution in [0.4, 0.5) is 8.78 Å². The van der Waals surface area contributed by atoms with Gasteiger partial charge in [-0.1, -0.05) is 26.2 Å². The molecule has 4 unspecified atom stereocenters. The van der Waals surface area contributed by atoms with Crippen LogP contribution in [-0.4, -0.2) is 25.9 Å². The Morgan fingerprint density at radius 2 is 1.29 bits per heavy atom.